The molecule has 0 spiro atoms. The van der Waals surface area contributed by atoms with Crippen LogP contribution >= 0.6 is 23.2 Å². The number of aromatic nitrogens is 1. The first-order valence-corrected chi connectivity index (χ1v) is 11.2. The average molecular weight is 464 g/mol. The molecule has 0 radical (unpaired) electrons. The van der Waals surface area contributed by atoms with E-state index in [-0.39, 0.29) is 24.5 Å². The summed E-state index contributed by atoms with van der Waals surface area (Å²) in [4.78, 5) is 16.7. The molecule has 30 heavy (non-hydrogen) atoms. The SMILES string of the molecule is O=C(CN(Cc1ccc(Cl)cc1)S(=O)(=O)c1ccc(Cl)cc1)NCc1ccccn1. The van der Waals surface area contributed by atoms with E-state index in [2.05, 4.69) is 10.3 Å². The summed E-state index contributed by atoms with van der Waals surface area (Å²) in [5, 5.41) is 3.67. The van der Waals surface area contributed by atoms with Crippen molar-refractivity contribution in [2.75, 3.05) is 6.54 Å². The average Bonchev–Trinajstić information content (AvgIpc) is 2.74. The normalized spacial score (nSPS) is 11.4. The molecule has 0 atom stereocenters. The number of pyridine rings is 1. The van der Waals surface area contributed by atoms with Gasteiger partial charge in [-0.15, -0.1) is 0 Å². The van der Waals surface area contributed by atoms with Gasteiger partial charge in [0.05, 0.1) is 23.7 Å². The largest absolute Gasteiger partial charge is 0.349 e. The number of nitrogens with zero attached hydrogens (tertiary/aromatic N) is 2. The molecule has 1 N–H and O–H groups in total. The van der Waals surface area contributed by atoms with Crippen molar-refractivity contribution in [2.45, 2.75) is 18.0 Å². The molecule has 0 fully saturated rings. The molecular formula is C21H19Cl2N3O3S. The van der Waals surface area contributed by atoms with Crippen LogP contribution in [0.2, 0.25) is 10.0 Å². The van der Waals surface area contributed by atoms with E-state index in [9.17, 15) is 13.2 Å². The lowest BCUT2D eigenvalue weighted by Gasteiger charge is -2.22. The number of nitrogens with one attached hydrogen (secondary N) is 1. The summed E-state index contributed by atoms with van der Waals surface area (Å²) >= 11 is 11.8. The lowest BCUT2D eigenvalue weighted by molar-refractivity contribution is -0.121. The molecule has 0 saturated heterocycles. The maximum absolute atomic E-state index is 13.2. The number of rotatable bonds is 8. The van der Waals surface area contributed by atoms with Gasteiger partial charge in [0.25, 0.3) is 0 Å². The van der Waals surface area contributed by atoms with E-state index in [1.165, 1.54) is 24.3 Å². The molecule has 0 aliphatic carbocycles. The summed E-state index contributed by atoms with van der Waals surface area (Å²) < 4.78 is 27.5. The second-order valence-electron chi connectivity index (χ2n) is 6.45. The minimum absolute atomic E-state index is 0.0130. The third-order valence-corrected chi connectivity index (χ3v) is 6.55. The van der Waals surface area contributed by atoms with Gasteiger partial charge in [-0.25, -0.2) is 8.42 Å². The molecule has 1 amide bonds. The van der Waals surface area contributed by atoms with Crippen molar-refractivity contribution in [3.63, 3.8) is 0 Å². The van der Waals surface area contributed by atoms with Crippen LogP contribution in [-0.2, 0) is 27.9 Å². The molecule has 1 heterocycles. The Hall–Kier alpha value is -2.45. The van der Waals surface area contributed by atoms with Gasteiger partial charge < -0.3 is 5.32 Å². The topological polar surface area (TPSA) is 79.4 Å². The van der Waals surface area contributed by atoms with E-state index in [0.29, 0.717) is 21.3 Å². The Morgan fingerprint density at radius 2 is 1.57 bits per heavy atom. The standard InChI is InChI=1S/C21H19Cl2N3O3S/c22-17-6-4-16(5-7-17)14-26(30(28,29)20-10-8-18(23)9-11-20)15-21(27)25-13-19-3-1-2-12-24-19/h1-12H,13-15H2,(H,25,27). The van der Waals surface area contributed by atoms with Crippen LogP contribution in [0, 0.1) is 0 Å². The minimum Gasteiger partial charge on any atom is -0.349 e. The summed E-state index contributed by atoms with van der Waals surface area (Å²) in [5.41, 5.74) is 1.38. The zero-order valence-corrected chi connectivity index (χ0v) is 18.2. The van der Waals surface area contributed by atoms with E-state index >= 15 is 0 Å². The quantitative estimate of drug-likeness (QED) is 0.549. The van der Waals surface area contributed by atoms with Crippen LogP contribution in [0.25, 0.3) is 0 Å². The van der Waals surface area contributed by atoms with Crippen LogP contribution in [0.1, 0.15) is 11.3 Å². The highest BCUT2D eigenvalue weighted by Gasteiger charge is 2.27. The van der Waals surface area contributed by atoms with Crippen molar-refractivity contribution in [1.82, 2.24) is 14.6 Å². The highest BCUT2D eigenvalue weighted by atomic mass is 35.5. The van der Waals surface area contributed by atoms with Gasteiger partial charge in [0, 0.05) is 22.8 Å². The fourth-order valence-electron chi connectivity index (χ4n) is 2.68. The lowest BCUT2D eigenvalue weighted by atomic mass is 10.2. The predicted molar refractivity (Wildman–Crippen MR) is 117 cm³/mol. The van der Waals surface area contributed by atoms with Crippen molar-refractivity contribution < 1.29 is 13.2 Å². The zero-order chi connectivity index (χ0) is 21.6. The molecule has 2 aromatic carbocycles. The maximum Gasteiger partial charge on any atom is 0.243 e. The Bertz CT molecular complexity index is 1090. The second kappa shape index (κ2) is 10.0. The number of carbonyl (C=O) groups is 1. The third kappa shape index (κ3) is 6.03. The number of halogens is 2. The Labute approximate surface area is 185 Å². The predicted octanol–water partition coefficient (Wildman–Crippen LogP) is 3.90. The van der Waals surface area contributed by atoms with Gasteiger partial charge in [-0.3, -0.25) is 9.78 Å². The molecule has 1 aromatic heterocycles. The van der Waals surface area contributed by atoms with Crippen LogP contribution in [0.3, 0.4) is 0 Å². The Balaban J connectivity index is 1.80. The van der Waals surface area contributed by atoms with E-state index in [1.807, 2.05) is 6.07 Å². The Morgan fingerprint density at radius 1 is 0.933 bits per heavy atom. The van der Waals surface area contributed by atoms with Crippen LogP contribution < -0.4 is 5.32 Å². The first-order chi connectivity index (χ1) is 14.3. The molecule has 0 aliphatic rings. The van der Waals surface area contributed by atoms with Gasteiger partial charge in [-0.2, -0.15) is 4.31 Å². The molecule has 0 unspecified atom stereocenters. The molecule has 156 valence electrons. The summed E-state index contributed by atoms with van der Waals surface area (Å²) in [6.45, 7) is -0.130. The van der Waals surface area contributed by atoms with Crippen LogP contribution in [0.15, 0.2) is 77.8 Å². The van der Waals surface area contributed by atoms with Gasteiger partial charge in [-0.05, 0) is 54.1 Å². The maximum atomic E-state index is 13.2. The first kappa shape index (κ1) is 22.2. The van der Waals surface area contributed by atoms with E-state index < -0.39 is 15.9 Å². The van der Waals surface area contributed by atoms with E-state index in [4.69, 9.17) is 23.2 Å². The summed E-state index contributed by atoms with van der Waals surface area (Å²) in [5.74, 6) is -0.438. The number of hydrogen-bond donors (Lipinski definition) is 1. The van der Waals surface area contributed by atoms with Crippen LogP contribution in [0.4, 0.5) is 0 Å². The Morgan fingerprint density at radius 3 is 2.17 bits per heavy atom. The smallest absolute Gasteiger partial charge is 0.243 e. The van der Waals surface area contributed by atoms with Gasteiger partial charge in [-0.1, -0.05) is 41.4 Å². The van der Waals surface area contributed by atoms with Crippen LogP contribution in [0.5, 0.6) is 0 Å². The molecule has 0 aliphatic heterocycles. The number of amides is 1. The fraction of sp³-hybridized carbons (Fsp3) is 0.143. The molecular weight excluding hydrogens is 445 g/mol. The highest BCUT2D eigenvalue weighted by molar-refractivity contribution is 7.89. The molecule has 6 nitrogen and oxygen atoms in total. The number of hydrogen-bond acceptors (Lipinski definition) is 4. The van der Waals surface area contributed by atoms with Crippen molar-refractivity contribution in [1.29, 1.82) is 0 Å². The molecule has 9 heteroatoms. The molecule has 3 rings (SSSR count). The van der Waals surface area contributed by atoms with Gasteiger partial charge in [0.15, 0.2) is 0 Å². The number of sulfonamides is 1. The summed E-state index contributed by atoms with van der Waals surface area (Å²) in [7, 11) is -3.94. The molecule has 3 aromatic rings. The van der Waals surface area contributed by atoms with Crippen molar-refractivity contribution in [2.24, 2.45) is 0 Å². The molecule has 0 saturated carbocycles. The molecule has 0 bridgehead atoms. The van der Waals surface area contributed by atoms with Gasteiger partial charge in [0.1, 0.15) is 0 Å². The lowest BCUT2D eigenvalue weighted by Crippen LogP contribution is -2.40. The highest BCUT2D eigenvalue weighted by Crippen LogP contribution is 2.21. The van der Waals surface area contributed by atoms with Crippen molar-refractivity contribution in [3.8, 4) is 0 Å². The van der Waals surface area contributed by atoms with Crippen LogP contribution in [-0.4, -0.2) is 30.2 Å². The van der Waals surface area contributed by atoms with E-state index in [1.54, 1.807) is 42.6 Å². The van der Waals surface area contributed by atoms with Gasteiger partial charge >= 0.3 is 0 Å². The third-order valence-electron chi connectivity index (χ3n) is 4.24. The number of benzene rings is 2. The second-order valence-corrected chi connectivity index (χ2v) is 9.26. The van der Waals surface area contributed by atoms with E-state index in [0.717, 1.165) is 4.31 Å². The fourth-order valence-corrected chi connectivity index (χ4v) is 4.32. The minimum atomic E-state index is -3.94. The number of carbonyl (C=O) groups excluding carboxylic acids is 1. The van der Waals surface area contributed by atoms with Crippen molar-refractivity contribution in [3.05, 3.63) is 94.2 Å². The summed E-state index contributed by atoms with van der Waals surface area (Å²) in [6.07, 6.45) is 1.62. The monoisotopic (exact) mass is 463 g/mol. The first-order valence-electron chi connectivity index (χ1n) is 9.01. The zero-order valence-electron chi connectivity index (χ0n) is 15.8. The summed E-state index contributed by atoms with van der Waals surface area (Å²) in [6, 6.07) is 18.0. The van der Waals surface area contributed by atoms with Crippen molar-refractivity contribution >= 4 is 39.1 Å². The van der Waals surface area contributed by atoms with Gasteiger partial charge in [0.2, 0.25) is 15.9 Å². The Kier molecular flexibility index (Phi) is 7.44.